The lowest BCUT2D eigenvalue weighted by molar-refractivity contribution is -0.141. The van der Waals surface area contributed by atoms with Gasteiger partial charge in [0.25, 0.3) is 0 Å². The predicted octanol–water partition coefficient (Wildman–Crippen LogP) is 4.94. The lowest BCUT2D eigenvalue weighted by atomic mass is 9.91. The highest BCUT2D eigenvalue weighted by atomic mass is 32.1. The topological polar surface area (TPSA) is 176 Å². The third kappa shape index (κ3) is 9.27. The van der Waals surface area contributed by atoms with E-state index in [1.807, 2.05) is 81.7 Å². The first-order chi connectivity index (χ1) is 29.4. The zero-order valence-electron chi connectivity index (χ0n) is 35.5. The molecule has 6 heterocycles. The number of likely N-dealkylation sites (tertiary alicyclic amines) is 1. The first-order valence-electron chi connectivity index (χ1n) is 21.3. The molecule has 16 heteroatoms. The molecule has 15 nitrogen and oxygen atoms in total. The molecule has 5 aromatic rings. The van der Waals surface area contributed by atoms with Crippen molar-refractivity contribution in [2.45, 2.75) is 70.7 Å². The number of aromatic hydroxyl groups is 1. The van der Waals surface area contributed by atoms with E-state index in [1.54, 1.807) is 23.5 Å². The number of anilines is 2. The largest absolute Gasteiger partial charge is 0.507 e. The molecule has 3 aliphatic rings. The summed E-state index contributed by atoms with van der Waals surface area (Å²) in [6.45, 7) is 14.0. The van der Waals surface area contributed by atoms with Gasteiger partial charge in [-0.25, -0.2) is 4.98 Å². The van der Waals surface area contributed by atoms with Crippen LogP contribution in [0.5, 0.6) is 5.75 Å². The van der Waals surface area contributed by atoms with Crippen molar-refractivity contribution >= 4 is 34.7 Å². The summed E-state index contributed by atoms with van der Waals surface area (Å²) in [7, 11) is 2.11. The van der Waals surface area contributed by atoms with E-state index in [1.165, 1.54) is 4.90 Å². The van der Waals surface area contributed by atoms with Crippen molar-refractivity contribution in [1.82, 2.24) is 40.4 Å². The average molecular weight is 849 g/mol. The van der Waals surface area contributed by atoms with E-state index >= 15 is 0 Å². The van der Waals surface area contributed by atoms with Crippen LogP contribution in [0.3, 0.4) is 0 Å². The summed E-state index contributed by atoms with van der Waals surface area (Å²) in [6, 6.07) is 18.4. The number of nitrogens with one attached hydrogen (secondary N) is 2. The Morgan fingerprint density at radius 2 is 1.85 bits per heavy atom. The number of aliphatic hydroxyl groups is 1. The number of fused-ring (bicyclic) bond motifs is 3. The van der Waals surface area contributed by atoms with Crippen molar-refractivity contribution in [3.05, 3.63) is 88.9 Å². The Bertz CT molecular complexity index is 2320. The van der Waals surface area contributed by atoms with Gasteiger partial charge >= 0.3 is 0 Å². The number of likely N-dealkylation sites (N-methyl/N-ethyl adjacent to an activating group) is 1. The predicted molar refractivity (Wildman–Crippen MR) is 235 cm³/mol. The second-order valence-corrected chi connectivity index (χ2v) is 17.9. The maximum Gasteiger partial charge on any atom is 0.243 e. The molecule has 0 bridgehead atoms. The number of hydrogen-bond acceptors (Lipinski definition) is 14. The molecule has 3 aromatic heterocycles. The van der Waals surface area contributed by atoms with Gasteiger partial charge in [0.1, 0.15) is 23.5 Å². The number of thiazole rings is 1. The number of hydrogen-bond donors (Lipinski definition) is 4. The van der Waals surface area contributed by atoms with Crippen LogP contribution in [0, 0.1) is 12.8 Å². The van der Waals surface area contributed by atoms with Crippen LogP contribution in [0.15, 0.2) is 70.7 Å². The molecule has 0 aliphatic carbocycles. The van der Waals surface area contributed by atoms with Gasteiger partial charge in [-0.1, -0.05) is 55.4 Å². The third-order valence-electron chi connectivity index (χ3n) is 12.3. The molecule has 2 saturated heterocycles. The molecule has 3 aliphatic heterocycles. The van der Waals surface area contributed by atoms with Gasteiger partial charge < -0.3 is 40.1 Å². The summed E-state index contributed by atoms with van der Waals surface area (Å²) in [4.78, 5) is 42.1. The molecular formula is C45H56N10O5S. The fraction of sp³-hybridized carbons (Fsp3) is 0.467. The minimum atomic E-state index is -0.801. The van der Waals surface area contributed by atoms with Crippen LogP contribution < -0.4 is 15.5 Å². The molecule has 8 rings (SSSR count). The Labute approximate surface area is 360 Å². The summed E-state index contributed by atoms with van der Waals surface area (Å²) in [5.41, 5.74) is 7.95. The zero-order valence-corrected chi connectivity index (χ0v) is 36.3. The number of carbonyl (C=O) groups is 2. The molecule has 61 heavy (non-hydrogen) atoms. The number of benzene rings is 2. The number of phenols is 1. The highest BCUT2D eigenvalue weighted by molar-refractivity contribution is 7.13. The molecule has 2 amide bonds. The monoisotopic (exact) mass is 848 g/mol. The van der Waals surface area contributed by atoms with Gasteiger partial charge in [0.2, 0.25) is 11.8 Å². The molecule has 0 saturated carbocycles. The summed E-state index contributed by atoms with van der Waals surface area (Å²) < 4.78 is 5.84. The van der Waals surface area contributed by atoms with Gasteiger partial charge in [-0.05, 0) is 56.1 Å². The van der Waals surface area contributed by atoms with Crippen LogP contribution in [0.2, 0.25) is 0 Å². The minimum Gasteiger partial charge on any atom is -0.507 e. The number of β-amino-alcohol motifs (C(OH)–C–C–N with tert-alkyl or cyclic N) is 1. The van der Waals surface area contributed by atoms with Crippen molar-refractivity contribution in [2.24, 2.45) is 5.92 Å². The second-order valence-electron chi connectivity index (χ2n) is 17.0. The molecule has 2 fully saturated rings. The van der Waals surface area contributed by atoms with E-state index in [-0.39, 0.29) is 48.5 Å². The Kier molecular flexibility index (Phi) is 12.7. The van der Waals surface area contributed by atoms with Gasteiger partial charge in [-0.2, -0.15) is 0 Å². The van der Waals surface area contributed by atoms with Crippen molar-refractivity contribution < 1.29 is 24.3 Å². The molecule has 1 unspecified atom stereocenters. The zero-order chi connectivity index (χ0) is 42.8. The molecule has 0 spiro atoms. The molecular weight excluding hydrogens is 793 g/mol. The number of rotatable bonds is 14. The van der Waals surface area contributed by atoms with Crippen LogP contribution >= 0.6 is 11.3 Å². The molecule has 4 N–H and O–H groups in total. The van der Waals surface area contributed by atoms with Gasteiger partial charge in [0, 0.05) is 76.8 Å². The molecule has 5 atom stereocenters. The number of piperazine rings is 1. The highest BCUT2D eigenvalue weighted by Gasteiger charge is 2.43. The standard InChI is InChI=1S/C45H56N10O5S/c1-27(2)41(45(59)55-25-34(56)21-38(55)44(58)48-28(3)30-10-12-31(13-11-30)42-29(4)47-26-61-42)40-20-32(51-60-40)14-15-52(5)16-17-53-18-19-54-33(24-53)23-46-43-37(54)22-36(49-50-43)35-8-6-7-9-39(35)57/h6-13,20,22,26-28,33-34,38,41,56-57H,14-19,21,23-25H2,1-5H3,(H,46,50)(H,48,58)/t28-,33-,34+,38-,41?/m0/s1. The number of aromatic nitrogens is 4. The van der Waals surface area contributed by atoms with Gasteiger partial charge in [-0.3, -0.25) is 14.5 Å². The maximum absolute atomic E-state index is 14.2. The van der Waals surface area contributed by atoms with E-state index in [0.29, 0.717) is 23.4 Å². The number of aliphatic hydroxyl groups excluding tert-OH is 1. The van der Waals surface area contributed by atoms with E-state index in [9.17, 15) is 19.8 Å². The van der Waals surface area contributed by atoms with Gasteiger partial charge in [-0.15, -0.1) is 21.5 Å². The number of amides is 2. The fourth-order valence-electron chi connectivity index (χ4n) is 8.81. The van der Waals surface area contributed by atoms with Crippen molar-refractivity contribution in [3.63, 3.8) is 0 Å². The summed E-state index contributed by atoms with van der Waals surface area (Å²) in [5.74, 6) is 0.122. The van der Waals surface area contributed by atoms with E-state index < -0.39 is 18.1 Å². The third-order valence-corrected chi connectivity index (χ3v) is 13.3. The second kappa shape index (κ2) is 18.3. The number of aryl methyl sites for hydroxylation is 1. The molecule has 0 radical (unpaired) electrons. The lowest BCUT2D eigenvalue weighted by Gasteiger charge is -2.46. The highest BCUT2D eigenvalue weighted by Crippen LogP contribution is 2.37. The smallest absolute Gasteiger partial charge is 0.243 e. The quantitative estimate of drug-likeness (QED) is 0.118. The SMILES string of the molecule is Cc1ncsc1-c1ccc([C@H](C)NC(=O)[C@@H]2C[C@@H](O)CN2C(=O)C(c2cc(CCN(C)CCN3CCN4c5cc(-c6ccccc6O)nnc5NC[C@H]4C3)no2)C(C)C)cc1. The summed E-state index contributed by atoms with van der Waals surface area (Å²) in [6.07, 6.45) is 0.0295. The summed E-state index contributed by atoms with van der Waals surface area (Å²) in [5, 5.41) is 40.8. The number of phenolic OH excluding ortho intramolecular Hbond substituents is 1. The van der Waals surface area contributed by atoms with Crippen LogP contribution in [0.4, 0.5) is 11.5 Å². The lowest BCUT2D eigenvalue weighted by Crippen LogP contribution is -2.58. The van der Waals surface area contributed by atoms with E-state index in [2.05, 4.69) is 52.7 Å². The average Bonchev–Trinajstić information content (AvgIpc) is 4.02. The Balaban J connectivity index is 0.825. The number of para-hydroxylation sites is 1. The van der Waals surface area contributed by atoms with Crippen molar-refractivity contribution in [1.29, 1.82) is 0 Å². The Hall–Kier alpha value is -5.42. The number of carbonyl (C=O) groups excluding carboxylic acids is 2. The van der Waals surface area contributed by atoms with E-state index in [0.717, 1.165) is 84.7 Å². The van der Waals surface area contributed by atoms with Crippen LogP contribution in [0.1, 0.15) is 61.9 Å². The van der Waals surface area contributed by atoms with E-state index in [4.69, 9.17) is 4.52 Å². The first-order valence-corrected chi connectivity index (χ1v) is 22.1. The number of nitrogens with zero attached hydrogens (tertiary/aromatic N) is 8. The molecule has 322 valence electrons. The van der Waals surface area contributed by atoms with Crippen molar-refractivity contribution in [2.75, 3.05) is 69.6 Å². The van der Waals surface area contributed by atoms with Crippen molar-refractivity contribution in [3.8, 4) is 27.4 Å². The maximum atomic E-state index is 14.2. The van der Waals surface area contributed by atoms with Gasteiger partial charge in [0.05, 0.1) is 51.3 Å². The first kappa shape index (κ1) is 42.3. The van der Waals surface area contributed by atoms with Crippen LogP contribution in [0.25, 0.3) is 21.7 Å². The minimum absolute atomic E-state index is 0.0814. The van der Waals surface area contributed by atoms with Gasteiger partial charge in [0.15, 0.2) is 5.82 Å². The summed E-state index contributed by atoms with van der Waals surface area (Å²) >= 11 is 1.60. The molecule has 2 aromatic carbocycles. The van der Waals surface area contributed by atoms with Crippen LogP contribution in [-0.4, -0.2) is 135 Å². The van der Waals surface area contributed by atoms with Crippen LogP contribution in [-0.2, 0) is 16.0 Å². The normalized spacial score (nSPS) is 20.0. The Morgan fingerprint density at radius 3 is 2.61 bits per heavy atom. The fourth-order valence-corrected chi connectivity index (χ4v) is 9.63. The Morgan fingerprint density at radius 1 is 1.05 bits per heavy atom.